The number of carbonyl (C=O) groups excluding carboxylic acids is 1. The van der Waals surface area contributed by atoms with Crippen LogP contribution in [-0.4, -0.2) is 21.9 Å². The van der Waals surface area contributed by atoms with E-state index in [1.807, 2.05) is 18.2 Å². The summed E-state index contributed by atoms with van der Waals surface area (Å²) in [7, 11) is 0. The molecule has 1 aliphatic rings. The molecule has 1 aromatic heterocycles. The second-order valence-corrected chi connectivity index (χ2v) is 8.57. The maximum Gasteiger partial charge on any atom is 0.416 e. The van der Waals surface area contributed by atoms with Crippen LogP contribution in [0.25, 0.3) is 22.0 Å². The van der Waals surface area contributed by atoms with Crippen LogP contribution in [0.5, 0.6) is 0 Å². The predicted octanol–water partition coefficient (Wildman–Crippen LogP) is 6.59. The first-order chi connectivity index (χ1) is 16.7. The molecule has 1 saturated carbocycles. The summed E-state index contributed by atoms with van der Waals surface area (Å²) in [5.41, 5.74) is 1.43. The number of halogens is 4. The zero-order valence-electron chi connectivity index (χ0n) is 18.6. The quantitative estimate of drug-likeness (QED) is 0.316. The average Bonchev–Trinajstić information content (AvgIpc) is 3.62. The van der Waals surface area contributed by atoms with Crippen LogP contribution in [0.15, 0.2) is 60.8 Å². The summed E-state index contributed by atoms with van der Waals surface area (Å²) >= 11 is 0. The Kier molecular flexibility index (Phi) is 5.62. The summed E-state index contributed by atoms with van der Waals surface area (Å²) in [5, 5.41) is 6.39. The molecule has 9 heteroatoms. The second kappa shape index (κ2) is 8.65. The molecule has 5 nitrogen and oxygen atoms in total. The molecule has 0 radical (unpaired) electrons. The topological polar surface area (TPSA) is 66.9 Å². The molecule has 1 amide bonds. The van der Waals surface area contributed by atoms with Crippen molar-refractivity contribution in [2.75, 3.05) is 10.6 Å². The number of amides is 1. The number of fused-ring (bicyclic) bond motifs is 1. The van der Waals surface area contributed by atoms with E-state index < -0.39 is 23.5 Å². The highest BCUT2D eigenvalue weighted by atomic mass is 19.4. The number of benzene rings is 3. The molecular formula is C26H20F4N4O. The number of hydrogen-bond donors (Lipinski definition) is 2. The Labute approximate surface area is 198 Å². The van der Waals surface area contributed by atoms with Gasteiger partial charge in [0, 0.05) is 23.3 Å². The van der Waals surface area contributed by atoms with Crippen molar-refractivity contribution in [2.45, 2.75) is 32.0 Å². The van der Waals surface area contributed by atoms with Gasteiger partial charge in [-0.05, 0) is 78.9 Å². The Hall–Kier alpha value is -4.01. The highest BCUT2D eigenvalue weighted by Crippen LogP contribution is 2.32. The third kappa shape index (κ3) is 4.94. The Morgan fingerprint density at radius 3 is 2.60 bits per heavy atom. The Bertz CT molecular complexity index is 1450. The van der Waals surface area contributed by atoms with Crippen LogP contribution in [0.2, 0.25) is 0 Å². The minimum atomic E-state index is -4.56. The minimum absolute atomic E-state index is 0.0789. The highest BCUT2D eigenvalue weighted by Gasteiger charge is 2.30. The highest BCUT2D eigenvalue weighted by molar-refractivity contribution is 6.05. The van der Waals surface area contributed by atoms with Gasteiger partial charge in [-0.25, -0.2) is 14.4 Å². The third-order valence-corrected chi connectivity index (χ3v) is 5.81. The van der Waals surface area contributed by atoms with Crippen LogP contribution in [0, 0.1) is 12.7 Å². The first kappa shape index (κ1) is 22.8. The van der Waals surface area contributed by atoms with Crippen molar-refractivity contribution in [3.63, 3.8) is 0 Å². The molecule has 3 aromatic carbocycles. The van der Waals surface area contributed by atoms with Crippen molar-refractivity contribution in [3.05, 3.63) is 83.3 Å². The molecule has 0 bridgehead atoms. The fourth-order valence-electron chi connectivity index (χ4n) is 3.81. The molecule has 1 fully saturated rings. The standard InChI is InChI=1S/C26H20F4N4O/c1-14-9-22(27)21(24(35)32-19-4-2-3-17(11-19)26(28,29)30)12-20(14)15-5-8-23-16(10-15)13-31-25(34-23)33-18-6-7-18/h2-5,8-13,18H,6-7H2,1H3,(H,32,35)(H,31,33,34). The van der Waals surface area contributed by atoms with Gasteiger partial charge in [0.05, 0.1) is 16.6 Å². The zero-order valence-corrected chi connectivity index (χ0v) is 18.6. The van der Waals surface area contributed by atoms with Gasteiger partial charge < -0.3 is 10.6 Å². The average molecular weight is 480 g/mol. The Balaban J connectivity index is 1.44. The number of aryl methyl sites for hydroxylation is 1. The van der Waals surface area contributed by atoms with Crippen LogP contribution in [0.4, 0.5) is 29.2 Å². The summed E-state index contributed by atoms with van der Waals surface area (Å²) in [6, 6.07) is 12.8. The maximum absolute atomic E-state index is 14.7. The first-order valence-corrected chi connectivity index (χ1v) is 11.0. The lowest BCUT2D eigenvalue weighted by Gasteiger charge is -2.13. The maximum atomic E-state index is 14.7. The van der Waals surface area contributed by atoms with Crippen molar-refractivity contribution < 1.29 is 22.4 Å². The normalized spacial score (nSPS) is 13.6. The molecule has 0 spiro atoms. The number of hydrogen-bond acceptors (Lipinski definition) is 4. The molecule has 2 N–H and O–H groups in total. The van der Waals surface area contributed by atoms with Crippen LogP contribution in [-0.2, 0) is 6.18 Å². The molecule has 4 aromatic rings. The lowest BCUT2D eigenvalue weighted by Crippen LogP contribution is -2.15. The Morgan fingerprint density at radius 2 is 1.86 bits per heavy atom. The van der Waals surface area contributed by atoms with Gasteiger partial charge in [0.25, 0.3) is 5.91 Å². The van der Waals surface area contributed by atoms with E-state index in [0.717, 1.165) is 41.4 Å². The van der Waals surface area contributed by atoms with Crippen LogP contribution >= 0.6 is 0 Å². The number of anilines is 2. The molecular weight excluding hydrogens is 460 g/mol. The summed E-state index contributed by atoms with van der Waals surface area (Å²) in [6.07, 6.45) is -0.643. The lowest BCUT2D eigenvalue weighted by molar-refractivity contribution is -0.137. The SMILES string of the molecule is Cc1cc(F)c(C(=O)Nc2cccc(C(F)(F)F)c2)cc1-c1ccc2nc(NC3CC3)ncc2c1. The predicted molar refractivity (Wildman–Crippen MR) is 126 cm³/mol. The minimum Gasteiger partial charge on any atom is -0.351 e. The number of aromatic nitrogens is 2. The summed E-state index contributed by atoms with van der Waals surface area (Å²) in [6.45, 7) is 1.72. The van der Waals surface area contributed by atoms with Crippen LogP contribution in [0.3, 0.4) is 0 Å². The molecule has 5 rings (SSSR count). The van der Waals surface area contributed by atoms with E-state index >= 15 is 0 Å². The van der Waals surface area contributed by atoms with E-state index in [0.29, 0.717) is 23.1 Å². The summed E-state index contributed by atoms with van der Waals surface area (Å²) in [5.74, 6) is -1.04. The molecule has 1 aliphatic carbocycles. The second-order valence-electron chi connectivity index (χ2n) is 8.57. The van der Waals surface area contributed by atoms with Gasteiger partial charge in [-0.3, -0.25) is 4.79 Å². The first-order valence-electron chi connectivity index (χ1n) is 11.0. The van der Waals surface area contributed by atoms with Crippen molar-refractivity contribution in [1.29, 1.82) is 0 Å². The third-order valence-electron chi connectivity index (χ3n) is 5.81. The van der Waals surface area contributed by atoms with E-state index in [1.165, 1.54) is 24.3 Å². The van der Waals surface area contributed by atoms with Gasteiger partial charge in [0.2, 0.25) is 5.95 Å². The fourth-order valence-corrected chi connectivity index (χ4v) is 3.81. The molecule has 0 aliphatic heterocycles. The van der Waals surface area contributed by atoms with E-state index in [2.05, 4.69) is 20.6 Å². The lowest BCUT2D eigenvalue weighted by atomic mass is 9.96. The smallest absolute Gasteiger partial charge is 0.351 e. The number of rotatable bonds is 5. The number of nitrogens with zero attached hydrogens (tertiary/aromatic N) is 2. The van der Waals surface area contributed by atoms with Crippen molar-refractivity contribution in [2.24, 2.45) is 0 Å². The van der Waals surface area contributed by atoms with Gasteiger partial charge in [-0.1, -0.05) is 12.1 Å². The molecule has 1 heterocycles. The van der Waals surface area contributed by atoms with Gasteiger partial charge in [0.1, 0.15) is 5.82 Å². The fraction of sp³-hybridized carbons (Fsp3) is 0.192. The molecule has 178 valence electrons. The van der Waals surface area contributed by atoms with Crippen LogP contribution < -0.4 is 10.6 Å². The van der Waals surface area contributed by atoms with Crippen molar-refractivity contribution >= 4 is 28.4 Å². The van der Waals surface area contributed by atoms with Gasteiger partial charge in [-0.15, -0.1) is 0 Å². The monoisotopic (exact) mass is 480 g/mol. The number of carbonyl (C=O) groups is 1. The molecule has 0 saturated heterocycles. The van der Waals surface area contributed by atoms with Gasteiger partial charge in [0.15, 0.2) is 0 Å². The van der Waals surface area contributed by atoms with Crippen molar-refractivity contribution in [3.8, 4) is 11.1 Å². The van der Waals surface area contributed by atoms with E-state index in [9.17, 15) is 22.4 Å². The Morgan fingerprint density at radius 1 is 1.06 bits per heavy atom. The number of alkyl halides is 3. The number of nitrogens with one attached hydrogen (secondary N) is 2. The largest absolute Gasteiger partial charge is 0.416 e. The van der Waals surface area contributed by atoms with E-state index in [-0.39, 0.29) is 11.3 Å². The van der Waals surface area contributed by atoms with Gasteiger partial charge >= 0.3 is 6.18 Å². The van der Waals surface area contributed by atoms with E-state index in [4.69, 9.17) is 0 Å². The molecule has 0 unspecified atom stereocenters. The van der Waals surface area contributed by atoms with Crippen LogP contribution in [0.1, 0.15) is 34.3 Å². The van der Waals surface area contributed by atoms with E-state index in [1.54, 1.807) is 13.1 Å². The van der Waals surface area contributed by atoms with Crippen molar-refractivity contribution in [1.82, 2.24) is 9.97 Å². The van der Waals surface area contributed by atoms with Gasteiger partial charge in [-0.2, -0.15) is 13.2 Å². The zero-order chi connectivity index (χ0) is 24.7. The molecule has 35 heavy (non-hydrogen) atoms. The molecule has 0 atom stereocenters. The summed E-state index contributed by atoms with van der Waals surface area (Å²) < 4.78 is 53.7. The summed E-state index contributed by atoms with van der Waals surface area (Å²) in [4.78, 5) is 21.6.